The number of carbonyl (C=O) groups is 1. The van der Waals surface area contributed by atoms with Gasteiger partial charge in [0.05, 0.1) is 13.2 Å². The molecule has 2 atom stereocenters. The Kier molecular flexibility index (Phi) is 4.09. The van der Waals surface area contributed by atoms with E-state index in [0.717, 1.165) is 11.1 Å². The normalized spacial score (nSPS) is 14.2. The first-order valence-corrected chi connectivity index (χ1v) is 5.27. The summed E-state index contributed by atoms with van der Waals surface area (Å²) in [5.41, 5.74) is 13.9. The number of hydrogen-bond acceptors (Lipinski definition) is 4. The minimum absolute atomic E-state index is 0.597. The van der Waals surface area contributed by atoms with Crippen LogP contribution in [0.1, 0.15) is 22.7 Å². The Morgan fingerprint density at radius 2 is 1.94 bits per heavy atom. The number of carboxylic acid groups (broad SMARTS) is 1. The lowest BCUT2D eigenvalue weighted by Crippen LogP contribution is -2.41. The molecule has 0 aliphatic heterocycles. The second-order valence-corrected chi connectivity index (χ2v) is 4.09. The first-order chi connectivity index (χ1) is 7.88. The van der Waals surface area contributed by atoms with Crippen molar-refractivity contribution in [2.45, 2.75) is 25.9 Å². The zero-order valence-corrected chi connectivity index (χ0v) is 10.2. The summed E-state index contributed by atoms with van der Waals surface area (Å²) in [5.74, 6) is -0.529. The van der Waals surface area contributed by atoms with Crippen molar-refractivity contribution in [3.05, 3.63) is 28.8 Å². The van der Waals surface area contributed by atoms with E-state index in [-0.39, 0.29) is 0 Å². The van der Waals surface area contributed by atoms with Crippen LogP contribution in [0.5, 0.6) is 5.75 Å². The molecule has 5 N–H and O–H groups in total. The molecule has 0 aromatic heterocycles. The summed E-state index contributed by atoms with van der Waals surface area (Å²) in [4.78, 5) is 10.8. The summed E-state index contributed by atoms with van der Waals surface area (Å²) in [6, 6.07) is 1.81. The summed E-state index contributed by atoms with van der Waals surface area (Å²) in [6.07, 6.45) is 0. The average molecular weight is 238 g/mol. The summed E-state index contributed by atoms with van der Waals surface area (Å²) < 4.78 is 5.25. The topological polar surface area (TPSA) is 98.6 Å². The Hall–Kier alpha value is -1.59. The molecule has 0 aliphatic rings. The lowest BCUT2D eigenvalue weighted by molar-refractivity contribution is -0.139. The fraction of sp³-hybridized carbons (Fsp3) is 0.417. The van der Waals surface area contributed by atoms with Gasteiger partial charge in [-0.1, -0.05) is 17.7 Å². The quantitative estimate of drug-likeness (QED) is 0.718. The molecule has 94 valence electrons. The predicted molar refractivity (Wildman–Crippen MR) is 65.0 cm³/mol. The maximum absolute atomic E-state index is 10.8. The molecule has 0 aliphatic carbocycles. The second kappa shape index (κ2) is 5.16. The molecule has 0 amide bonds. The van der Waals surface area contributed by atoms with Crippen LogP contribution in [0.3, 0.4) is 0 Å². The highest BCUT2D eigenvalue weighted by atomic mass is 16.5. The highest BCUT2D eigenvalue weighted by molar-refractivity contribution is 5.74. The molecular formula is C12H18N2O3. The first kappa shape index (κ1) is 13.5. The molecule has 0 radical (unpaired) electrons. The van der Waals surface area contributed by atoms with Gasteiger partial charge in [0.1, 0.15) is 11.8 Å². The molecule has 1 aromatic carbocycles. The lowest BCUT2D eigenvalue weighted by Gasteiger charge is -2.21. The van der Waals surface area contributed by atoms with Crippen LogP contribution in [0.2, 0.25) is 0 Å². The van der Waals surface area contributed by atoms with Crippen molar-refractivity contribution in [1.82, 2.24) is 0 Å². The van der Waals surface area contributed by atoms with Gasteiger partial charge < -0.3 is 21.3 Å². The molecule has 17 heavy (non-hydrogen) atoms. The number of methoxy groups -OCH3 is 1. The summed E-state index contributed by atoms with van der Waals surface area (Å²) in [5, 5.41) is 8.87. The standard InChI is InChI=1S/C12H18N2O3/c1-6-4-7(2)11(17-3)8(5-6)9(13)10(14)12(15)16/h4-5,9-10H,13-14H2,1-3H3,(H,15,16). The monoisotopic (exact) mass is 238 g/mol. The van der Waals surface area contributed by atoms with Crippen molar-refractivity contribution >= 4 is 5.97 Å². The van der Waals surface area contributed by atoms with Crippen LogP contribution in [0.25, 0.3) is 0 Å². The van der Waals surface area contributed by atoms with E-state index in [1.807, 2.05) is 19.9 Å². The van der Waals surface area contributed by atoms with Crippen LogP contribution in [-0.2, 0) is 4.79 Å². The van der Waals surface area contributed by atoms with Crippen molar-refractivity contribution in [1.29, 1.82) is 0 Å². The lowest BCUT2D eigenvalue weighted by atomic mass is 9.95. The van der Waals surface area contributed by atoms with Gasteiger partial charge in [0.25, 0.3) is 0 Å². The molecule has 5 nitrogen and oxygen atoms in total. The van der Waals surface area contributed by atoms with Gasteiger partial charge in [0.2, 0.25) is 0 Å². The van der Waals surface area contributed by atoms with E-state index in [9.17, 15) is 4.79 Å². The van der Waals surface area contributed by atoms with Crippen molar-refractivity contribution in [2.24, 2.45) is 11.5 Å². The third kappa shape index (κ3) is 2.75. The van der Waals surface area contributed by atoms with E-state index in [2.05, 4.69) is 0 Å². The third-order valence-electron chi connectivity index (χ3n) is 2.68. The summed E-state index contributed by atoms with van der Waals surface area (Å²) >= 11 is 0. The highest BCUT2D eigenvalue weighted by Crippen LogP contribution is 2.30. The van der Waals surface area contributed by atoms with Gasteiger partial charge in [-0.2, -0.15) is 0 Å². The van der Waals surface area contributed by atoms with E-state index >= 15 is 0 Å². The van der Waals surface area contributed by atoms with Crippen molar-refractivity contribution in [3.8, 4) is 5.75 Å². The number of benzene rings is 1. The maximum Gasteiger partial charge on any atom is 0.322 e. The van der Waals surface area contributed by atoms with Gasteiger partial charge >= 0.3 is 5.97 Å². The van der Waals surface area contributed by atoms with E-state index in [0.29, 0.717) is 11.3 Å². The number of rotatable bonds is 4. The van der Waals surface area contributed by atoms with Gasteiger partial charge in [-0.3, -0.25) is 4.79 Å². The SMILES string of the molecule is COc1c(C)cc(C)cc1C(N)C(N)C(=O)O. The van der Waals surface area contributed by atoms with Gasteiger partial charge in [0.15, 0.2) is 0 Å². The Bertz CT molecular complexity index is 432. The van der Waals surface area contributed by atoms with Crippen LogP contribution in [0.4, 0.5) is 0 Å². The molecule has 0 spiro atoms. The molecule has 0 saturated heterocycles. The Morgan fingerprint density at radius 3 is 2.41 bits per heavy atom. The number of nitrogens with two attached hydrogens (primary N) is 2. The molecule has 0 saturated carbocycles. The molecule has 5 heteroatoms. The average Bonchev–Trinajstić information content (AvgIpc) is 2.25. The molecular weight excluding hydrogens is 220 g/mol. The van der Waals surface area contributed by atoms with Gasteiger partial charge in [-0.25, -0.2) is 0 Å². The van der Waals surface area contributed by atoms with Crippen molar-refractivity contribution in [3.63, 3.8) is 0 Å². The molecule has 0 bridgehead atoms. The first-order valence-electron chi connectivity index (χ1n) is 5.27. The van der Waals surface area contributed by atoms with E-state index in [1.165, 1.54) is 7.11 Å². The minimum atomic E-state index is -1.15. The van der Waals surface area contributed by atoms with Crippen LogP contribution in [0.15, 0.2) is 12.1 Å². The van der Waals surface area contributed by atoms with Crippen molar-refractivity contribution < 1.29 is 14.6 Å². The largest absolute Gasteiger partial charge is 0.496 e. The Morgan fingerprint density at radius 1 is 1.35 bits per heavy atom. The van der Waals surface area contributed by atoms with Crippen LogP contribution in [0, 0.1) is 13.8 Å². The van der Waals surface area contributed by atoms with Crippen LogP contribution >= 0.6 is 0 Å². The Balaban J connectivity index is 3.24. The zero-order chi connectivity index (χ0) is 13.2. The molecule has 2 unspecified atom stereocenters. The molecule has 1 rings (SSSR count). The maximum atomic E-state index is 10.8. The number of carboxylic acids is 1. The second-order valence-electron chi connectivity index (χ2n) is 4.09. The Labute approximate surface area is 100 Å². The van der Waals surface area contributed by atoms with E-state index in [4.69, 9.17) is 21.3 Å². The number of hydrogen-bond donors (Lipinski definition) is 3. The summed E-state index contributed by atoms with van der Waals surface area (Å²) in [6.45, 7) is 3.79. The molecule has 1 aromatic rings. The molecule has 0 fully saturated rings. The van der Waals surface area contributed by atoms with Crippen LogP contribution in [-0.4, -0.2) is 24.2 Å². The van der Waals surface area contributed by atoms with E-state index in [1.54, 1.807) is 6.07 Å². The fourth-order valence-electron chi connectivity index (χ4n) is 1.86. The smallest absolute Gasteiger partial charge is 0.322 e. The zero-order valence-electron chi connectivity index (χ0n) is 10.2. The number of aryl methyl sites for hydroxylation is 2. The highest BCUT2D eigenvalue weighted by Gasteiger charge is 2.25. The van der Waals surface area contributed by atoms with E-state index < -0.39 is 18.1 Å². The summed E-state index contributed by atoms with van der Waals surface area (Å²) in [7, 11) is 1.53. The number of ether oxygens (including phenoxy) is 1. The fourth-order valence-corrected chi connectivity index (χ4v) is 1.86. The third-order valence-corrected chi connectivity index (χ3v) is 2.68. The van der Waals surface area contributed by atoms with Gasteiger partial charge in [0, 0.05) is 5.56 Å². The van der Waals surface area contributed by atoms with Gasteiger partial charge in [-0.05, 0) is 19.4 Å². The van der Waals surface area contributed by atoms with Crippen LogP contribution < -0.4 is 16.2 Å². The van der Waals surface area contributed by atoms with Crippen molar-refractivity contribution in [2.75, 3.05) is 7.11 Å². The predicted octanol–water partition coefficient (Wildman–Crippen LogP) is 0.724. The number of aliphatic carboxylic acids is 1. The van der Waals surface area contributed by atoms with Gasteiger partial charge in [-0.15, -0.1) is 0 Å². The minimum Gasteiger partial charge on any atom is -0.496 e. The molecule has 0 heterocycles.